The van der Waals surface area contributed by atoms with Crippen LogP contribution in [0.25, 0.3) is 0 Å². The number of hydrogen-bond acceptors (Lipinski definition) is 3. The first kappa shape index (κ1) is 13.7. The zero-order valence-electron chi connectivity index (χ0n) is 11.8. The molecule has 0 spiro atoms. The Morgan fingerprint density at radius 3 is 2.64 bits per heavy atom. The minimum atomic E-state index is -0.00420. The molecule has 108 valence electrons. The summed E-state index contributed by atoms with van der Waals surface area (Å²) in [7, 11) is 0. The highest BCUT2D eigenvalue weighted by atomic mass is 127. The molecule has 1 aromatic heterocycles. The van der Waals surface area contributed by atoms with Crippen LogP contribution in [0.15, 0.2) is 78.0 Å². The number of pyridine rings is 1. The zero-order valence-corrected chi connectivity index (χ0v) is 14.0. The van der Waals surface area contributed by atoms with Crippen LogP contribution in [0.4, 0.5) is 5.69 Å². The van der Waals surface area contributed by atoms with Crippen molar-refractivity contribution in [1.29, 1.82) is 0 Å². The molecule has 0 fully saturated rings. The van der Waals surface area contributed by atoms with Gasteiger partial charge in [-0.05, 0) is 46.4 Å². The Bertz CT molecular complexity index is 763. The fraction of sp³-hybridized carbons (Fsp3) is 0.111. The molecule has 0 bridgehead atoms. The van der Waals surface area contributed by atoms with Gasteiger partial charge in [0.05, 0.1) is 23.6 Å². The summed E-state index contributed by atoms with van der Waals surface area (Å²) in [5.74, 6) is 0. The quantitative estimate of drug-likeness (QED) is 0.561. The van der Waals surface area contributed by atoms with Gasteiger partial charge < -0.3 is 4.90 Å². The lowest BCUT2D eigenvalue weighted by Gasteiger charge is -2.30. The molecule has 0 saturated carbocycles. The molecule has 1 aromatic carbocycles. The third-order valence-electron chi connectivity index (χ3n) is 3.92. The Kier molecular flexibility index (Phi) is 3.54. The molecule has 2 unspecified atom stereocenters. The predicted octanol–water partition coefficient (Wildman–Crippen LogP) is 4.14. The van der Waals surface area contributed by atoms with E-state index in [-0.39, 0.29) is 12.2 Å². The molecule has 2 atom stereocenters. The molecular formula is C18H14IN3. The van der Waals surface area contributed by atoms with Crippen LogP contribution in [-0.2, 0) is 0 Å². The summed E-state index contributed by atoms with van der Waals surface area (Å²) in [6.45, 7) is 0. The molecule has 0 amide bonds. The lowest BCUT2D eigenvalue weighted by molar-refractivity contribution is 0.694. The second-order valence-corrected chi connectivity index (χ2v) is 6.38. The number of rotatable bonds is 2. The summed E-state index contributed by atoms with van der Waals surface area (Å²) in [6.07, 6.45) is 10.4. The third kappa shape index (κ3) is 2.37. The average Bonchev–Trinajstić information content (AvgIpc) is 2.96. The molecule has 3 nitrogen and oxygen atoms in total. The van der Waals surface area contributed by atoms with Crippen molar-refractivity contribution in [3.05, 3.63) is 82.2 Å². The maximum Gasteiger partial charge on any atom is 0.148 e. The third-order valence-corrected chi connectivity index (χ3v) is 4.55. The van der Waals surface area contributed by atoms with Gasteiger partial charge in [-0.3, -0.25) is 4.99 Å². The molecular weight excluding hydrogens is 385 g/mol. The number of halogens is 1. The Hall–Kier alpha value is -1.95. The SMILES string of the molecule is Ic1ccc(N2C3C=CC=CC3=NC2c2ccccc2)cn1. The van der Waals surface area contributed by atoms with Gasteiger partial charge in [0.25, 0.3) is 0 Å². The number of allylic oxidation sites excluding steroid dienone is 2. The number of hydrogen-bond donors (Lipinski definition) is 0. The first-order chi connectivity index (χ1) is 10.8. The topological polar surface area (TPSA) is 28.5 Å². The lowest BCUT2D eigenvalue weighted by atomic mass is 10.0. The van der Waals surface area contributed by atoms with Gasteiger partial charge in [0.1, 0.15) is 9.87 Å². The number of benzene rings is 1. The van der Waals surface area contributed by atoms with Crippen molar-refractivity contribution in [3.63, 3.8) is 0 Å². The van der Waals surface area contributed by atoms with Gasteiger partial charge >= 0.3 is 0 Å². The second kappa shape index (κ2) is 5.68. The molecule has 0 radical (unpaired) electrons. The minimum Gasteiger partial charge on any atom is -0.332 e. The summed E-state index contributed by atoms with van der Waals surface area (Å²) in [6, 6.07) is 14.8. The largest absolute Gasteiger partial charge is 0.332 e. The van der Waals surface area contributed by atoms with E-state index >= 15 is 0 Å². The molecule has 4 rings (SSSR count). The van der Waals surface area contributed by atoms with E-state index in [9.17, 15) is 0 Å². The molecule has 4 heteroatoms. The second-order valence-electron chi connectivity index (χ2n) is 5.27. The maximum absolute atomic E-state index is 4.94. The Balaban J connectivity index is 1.80. The van der Waals surface area contributed by atoms with Crippen LogP contribution in [0.5, 0.6) is 0 Å². The highest BCUT2D eigenvalue weighted by Gasteiger charge is 2.35. The van der Waals surface area contributed by atoms with Gasteiger partial charge in [0.2, 0.25) is 0 Å². The van der Waals surface area contributed by atoms with Crippen LogP contribution in [0.3, 0.4) is 0 Å². The summed E-state index contributed by atoms with van der Waals surface area (Å²) in [4.78, 5) is 11.7. The van der Waals surface area contributed by atoms with Gasteiger partial charge in [-0.25, -0.2) is 4.98 Å². The molecule has 2 heterocycles. The van der Waals surface area contributed by atoms with Crippen molar-refractivity contribution in [3.8, 4) is 0 Å². The Morgan fingerprint density at radius 2 is 1.86 bits per heavy atom. The maximum atomic E-state index is 4.94. The summed E-state index contributed by atoms with van der Waals surface area (Å²) < 4.78 is 0.997. The highest BCUT2D eigenvalue weighted by Crippen LogP contribution is 2.37. The first-order valence-corrected chi connectivity index (χ1v) is 8.28. The van der Waals surface area contributed by atoms with Gasteiger partial charge in [-0.1, -0.05) is 48.6 Å². The fourth-order valence-electron chi connectivity index (χ4n) is 2.91. The van der Waals surface area contributed by atoms with E-state index in [1.807, 2.05) is 24.4 Å². The van der Waals surface area contributed by atoms with Gasteiger partial charge in [0, 0.05) is 0 Å². The van der Waals surface area contributed by atoms with Crippen molar-refractivity contribution < 1.29 is 0 Å². The van der Waals surface area contributed by atoms with Gasteiger partial charge in [-0.15, -0.1) is 0 Å². The van der Waals surface area contributed by atoms with Crippen LogP contribution in [-0.4, -0.2) is 16.7 Å². The standard InChI is InChI=1S/C18H14IN3/c19-17-11-10-14(12-20-17)22-16-9-5-4-8-15(16)21-18(22)13-6-2-1-3-7-13/h1-12,16,18H. The highest BCUT2D eigenvalue weighted by molar-refractivity contribution is 14.1. The lowest BCUT2D eigenvalue weighted by Crippen LogP contribution is -2.35. The molecule has 2 aliphatic rings. The molecule has 0 N–H and O–H groups in total. The number of aliphatic imine (C=N–C) groups is 1. The summed E-state index contributed by atoms with van der Waals surface area (Å²) in [5, 5.41) is 0. The van der Waals surface area contributed by atoms with E-state index in [1.54, 1.807) is 0 Å². The zero-order chi connectivity index (χ0) is 14.9. The molecule has 0 saturated heterocycles. The van der Waals surface area contributed by atoms with Crippen molar-refractivity contribution in [1.82, 2.24) is 4.98 Å². The van der Waals surface area contributed by atoms with E-state index < -0.39 is 0 Å². The molecule has 22 heavy (non-hydrogen) atoms. The monoisotopic (exact) mass is 399 g/mol. The molecule has 1 aliphatic heterocycles. The van der Waals surface area contributed by atoms with Crippen molar-refractivity contribution in [2.45, 2.75) is 12.2 Å². The number of fused-ring (bicyclic) bond motifs is 1. The molecule has 2 aromatic rings. The average molecular weight is 399 g/mol. The van der Waals surface area contributed by atoms with E-state index in [0.717, 1.165) is 15.1 Å². The number of anilines is 1. The molecule has 1 aliphatic carbocycles. The predicted molar refractivity (Wildman–Crippen MR) is 98.1 cm³/mol. The van der Waals surface area contributed by atoms with E-state index in [0.29, 0.717) is 0 Å². The fourth-order valence-corrected chi connectivity index (χ4v) is 3.23. The van der Waals surface area contributed by atoms with E-state index in [1.165, 1.54) is 5.56 Å². The van der Waals surface area contributed by atoms with Gasteiger partial charge in [-0.2, -0.15) is 0 Å². The normalized spacial score (nSPS) is 22.6. The van der Waals surface area contributed by atoms with Crippen molar-refractivity contribution >= 4 is 34.0 Å². The Morgan fingerprint density at radius 1 is 1.00 bits per heavy atom. The van der Waals surface area contributed by atoms with Crippen molar-refractivity contribution in [2.75, 3.05) is 4.90 Å². The number of nitrogens with zero attached hydrogens (tertiary/aromatic N) is 3. The van der Waals surface area contributed by atoms with Crippen molar-refractivity contribution in [2.24, 2.45) is 4.99 Å². The first-order valence-electron chi connectivity index (χ1n) is 7.20. The summed E-state index contributed by atoms with van der Waals surface area (Å²) in [5.41, 5.74) is 3.40. The Labute approximate surface area is 143 Å². The van der Waals surface area contributed by atoms with Crippen LogP contribution in [0.2, 0.25) is 0 Å². The minimum absolute atomic E-state index is 0.00420. The smallest absolute Gasteiger partial charge is 0.148 e. The summed E-state index contributed by atoms with van der Waals surface area (Å²) >= 11 is 2.23. The van der Waals surface area contributed by atoms with Gasteiger partial charge in [0.15, 0.2) is 0 Å². The van der Waals surface area contributed by atoms with Crippen LogP contribution in [0.1, 0.15) is 11.7 Å². The van der Waals surface area contributed by atoms with Crippen LogP contribution < -0.4 is 4.90 Å². The van der Waals surface area contributed by atoms with E-state index in [2.05, 4.69) is 81.0 Å². The van der Waals surface area contributed by atoms with Crippen LogP contribution >= 0.6 is 22.6 Å². The van der Waals surface area contributed by atoms with Crippen LogP contribution in [0, 0.1) is 3.70 Å². The van der Waals surface area contributed by atoms with E-state index in [4.69, 9.17) is 4.99 Å². The number of aromatic nitrogens is 1.